The quantitative estimate of drug-likeness (QED) is 0.727. The largest absolute Gasteiger partial charge is 0.398 e. The predicted octanol–water partition coefficient (Wildman–Crippen LogP) is 1.47. The SMILES string of the molecule is Cl.Nc1cccc2c1CCCN2C(=O)C1=CN2CCS(=O)(=O)N=C2C=C1. The zero-order valence-corrected chi connectivity index (χ0v) is 15.6. The van der Waals surface area contributed by atoms with Crippen LogP contribution in [-0.2, 0) is 21.2 Å². The van der Waals surface area contributed by atoms with E-state index in [1.54, 1.807) is 28.2 Å². The lowest BCUT2D eigenvalue weighted by atomic mass is 9.99. The topological polar surface area (TPSA) is 96.1 Å². The van der Waals surface area contributed by atoms with Crippen molar-refractivity contribution in [3.8, 4) is 0 Å². The van der Waals surface area contributed by atoms with Gasteiger partial charge in [-0.15, -0.1) is 16.8 Å². The third-order valence-corrected chi connectivity index (χ3v) is 5.77. The summed E-state index contributed by atoms with van der Waals surface area (Å²) in [5, 5.41) is 0. The highest BCUT2D eigenvalue weighted by atomic mass is 35.5. The van der Waals surface area contributed by atoms with Crippen LogP contribution in [0.2, 0.25) is 0 Å². The Kier molecular flexibility index (Phi) is 4.81. The molecular weight excluding hydrogens is 376 g/mol. The van der Waals surface area contributed by atoms with Gasteiger partial charge in [0.15, 0.2) is 0 Å². The Morgan fingerprint density at radius 3 is 2.81 bits per heavy atom. The Morgan fingerprint density at radius 1 is 1.19 bits per heavy atom. The monoisotopic (exact) mass is 394 g/mol. The van der Waals surface area contributed by atoms with E-state index in [1.165, 1.54) is 0 Å². The van der Waals surface area contributed by atoms with Crippen molar-refractivity contribution in [2.45, 2.75) is 12.8 Å². The molecule has 0 radical (unpaired) electrons. The fourth-order valence-electron chi connectivity index (χ4n) is 3.35. The number of amidine groups is 1. The van der Waals surface area contributed by atoms with Gasteiger partial charge in [-0.1, -0.05) is 6.07 Å². The number of amides is 1. The van der Waals surface area contributed by atoms with Crippen LogP contribution in [0.15, 0.2) is 46.5 Å². The highest BCUT2D eigenvalue weighted by Crippen LogP contribution is 2.32. The maximum atomic E-state index is 13.0. The van der Waals surface area contributed by atoms with Crippen molar-refractivity contribution < 1.29 is 13.2 Å². The Balaban J connectivity index is 0.00000196. The highest BCUT2D eigenvalue weighted by molar-refractivity contribution is 7.90. The van der Waals surface area contributed by atoms with Gasteiger partial charge in [-0.3, -0.25) is 4.79 Å². The number of anilines is 2. The van der Waals surface area contributed by atoms with Crippen molar-refractivity contribution >= 4 is 45.5 Å². The maximum absolute atomic E-state index is 13.0. The summed E-state index contributed by atoms with van der Waals surface area (Å²) in [5.41, 5.74) is 9.12. The smallest absolute Gasteiger partial charge is 0.259 e. The molecule has 3 aliphatic heterocycles. The first kappa shape index (κ1) is 18.5. The summed E-state index contributed by atoms with van der Waals surface area (Å²) in [7, 11) is -3.40. The highest BCUT2D eigenvalue weighted by Gasteiger charge is 2.29. The van der Waals surface area contributed by atoms with Crippen LogP contribution in [0, 0.1) is 0 Å². The Morgan fingerprint density at radius 2 is 2.00 bits per heavy atom. The summed E-state index contributed by atoms with van der Waals surface area (Å²) >= 11 is 0. The van der Waals surface area contributed by atoms with Crippen molar-refractivity contribution in [1.29, 1.82) is 0 Å². The first-order chi connectivity index (χ1) is 11.9. The summed E-state index contributed by atoms with van der Waals surface area (Å²) < 4.78 is 26.9. The van der Waals surface area contributed by atoms with Crippen molar-refractivity contribution in [3.63, 3.8) is 0 Å². The normalized spacial score (nSPS) is 20.3. The number of nitrogens with zero attached hydrogens (tertiary/aromatic N) is 3. The number of benzene rings is 1. The zero-order valence-electron chi connectivity index (χ0n) is 14.0. The molecule has 26 heavy (non-hydrogen) atoms. The van der Waals surface area contributed by atoms with Crippen LogP contribution in [0.1, 0.15) is 12.0 Å². The minimum atomic E-state index is -3.40. The van der Waals surface area contributed by atoms with E-state index in [1.807, 2.05) is 18.2 Å². The molecule has 7 nitrogen and oxygen atoms in total. The lowest BCUT2D eigenvalue weighted by Crippen LogP contribution is -2.40. The molecule has 0 saturated carbocycles. The fourth-order valence-corrected chi connectivity index (χ4v) is 4.32. The van der Waals surface area contributed by atoms with Crippen LogP contribution in [0.25, 0.3) is 0 Å². The van der Waals surface area contributed by atoms with Gasteiger partial charge in [-0.25, -0.2) is 8.42 Å². The van der Waals surface area contributed by atoms with E-state index < -0.39 is 10.0 Å². The maximum Gasteiger partial charge on any atom is 0.259 e. The molecule has 0 aromatic heterocycles. The molecular formula is C17H19ClN4O3S. The number of nitrogens with two attached hydrogens (primary N) is 1. The molecule has 3 heterocycles. The van der Waals surface area contributed by atoms with Crippen LogP contribution in [0.3, 0.4) is 0 Å². The average Bonchev–Trinajstić information content (AvgIpc) is 2.60. The van der Waals surface area contributed by atoms with Gasteiger partial charge in [-0.2, -0.15) is 0 Å². The minimum Gasteiger partial charge on any atom is -0.398 e. The van der Waals surface area contributed by atoms with Gasteiger partial charge in [0.1, 0.15) is 5.84 Å². The van der Waals surface area contributed by atoms with E-state index in [0.717, 1.165) is 24.1 Å². The molecule has 0 saturated heterocycles. The standard InChI is InChI=1S/C17H18N4O3S.ClH/c18-14-4-1-5-15-13(14)3-2-8-21(15)17(22)12-6-7-16-19-25(23,24)10-9-20(16)11-12;/h1,4-7,11H,2-3,8-10,18H2;1H. The van der Waals surface area contributed by atoms with Crippen molar-refractivity contribution in [1.82, 2.24) is 4.90 Å². The number of sulfonamides is 1. The number of carbonyl (C=O) groups is 1. The minimum absolute atomic E-state index is 0. The Bertz CT molecular complexity index is 953. The molecule has 0 bridgehead atoms. The number of hydrogen-bond donors (Lipinski definition) is 1. The molecule has 2 N–H and O–H groups in total. The number of nitrogen functional groups attached to an aromatic ring is 1. The molecule has 9 heteroatoms. The van der Waals surface area contributed by atoms with Crippen molar-refractivity contribution in [2.75, 3.05) is 29.5 Å². The molecule has 0 unspecified atom stereocenters. The molecule has 0 aliphatic carbocycles. The Hall–Kier alpha value is -2.32. The lowest BCUT2D eigenvalue weighted by Gasteiger charge is -2.32. The molecule has 0 spiro atoms. The van der Waals surface area contributed by atoms with Crippen LogP contribution in [0.4, 0.5) is 11.4 Å². The van der Waals surface area contributed by atoms with E-state index in [0.29, 0.717) is 30.2 Å². The van der Waals surface area contributed by atoms with E-state index >= 15 is 0 Å². The van der Waals surface area contributed by atoms with E-state index in [4.69, 9.17) is 5.73 Å². The van der Waals surface area contributed by atoms with Crippen LogP contribution >= 0.6 is 12.4 Å². The summed E-state index contributed by atoms with van der Waals surface area (Å²) in [6.07, 6.45) is 6.60. The summed E-state index contributed by atoms with van der Waals surface area (Å²) in [4.78, 5) is 16.5. The molecule has 1 aromatic rings. The van der Waals surface area contributed by atoms with Gasteiger partial charge in [0.2, 0.25) is 0 Å². The molecule has 0 fully saturated rings. The first-order valence-electron chi connectivity index (χ1n) is 8.13. The van der Waals surface area contributed by atoms with Crippen LogP contribution in [0.5, 0.6) is 0 Å². The second kappa shape index (κ2) is 6.77. The summed E-state index contributed by atoms with van der Waals surface area (Å²) in [6.45, 7) is 0.932. The van der Waals surface area contributed by atoms with Crippen LogP contribution in [-0.4, -0.2) is 43.9 Å². The second-order valence-electron chi connectivity index (χ2n) is 6.25. The van der Waals surface area contributed by atoms with Gasteiger partial charge in [0, 0.05) is 30.7 Å². The number of fused-ring (bicyclic) bond motifs is 2. The molecule has 1 amide bonds. The molecule has 4 rings (SSSR count). The van der Waals surface area contributed by atoms with Gasteiger partial charge < -0.3 is 15.5 Å². The predicted molar refractivity (Wildman–Crippen MR) is 104 cm³/mol. The van der Waals surface area contributed by atoms with E-state index in [-0.39, 0.29) is 24.1 Å². The van der Waals surface area contributed by atoms with Gasteiger partial charge in [0.05, 0.1) is 11.3 Å². The second-order valence-corrected chi connectivity index (χ2v) is 8.01. The third kappa shape index (κ3) is 3.22. The van der Waals surface area contributed by atoms with Gasteiger partial charge in [0.25, 0.3) is 15.9 Å². The fraction of sp³-hybridized carbons (Fsp3) is 0.294. The number of carbonyl (C=O) groups excluding carboxylic acids is 1. The molecule has 3 aliphatic rings. The number of rotatable bonds is 1. The van der Waals surface area contributed by atoms with E-state index in [9.17, 15) is 13.2 Å². The number of halogens is 1. The van der Waals surface area contributed by atoms with Gasteiger partial charge in [-0.05, 0) is 42.7 Å². The lowest BCUT2D eigenvalue weighted by molar-refractivity contribution is -0.115. The first-order valence-corrected chi connectivity index (χ1v) is 9.74. The number of hydrogen-bond acceptors (Lipinski definition) is 5. The molecule has 1 aromatic carbocycles. The van der Waals surface area contributed by atoms with Crippen LogP contribution < -0.4 is 10.6 Å². The van der Waals surface area contributed by atoms with E-state index in [2.05, 4.69) is 4.40 Å². The average molecular weight is 395 g/mol. The Labute approximate surface area is 158 Å². The van der Waals surface area contributed by atoms with Gasteiger partial charge >= 0.3 is 0 Å². The summed E-state index contributed by atoms with van der Waals surface area (Å²) in [6, 6.07) is 5.62. The van der Waals surface area contributed by atoms with Crippen molar-refractivity contribution in [3.05, 3.63) is 47.7 Å². The third-order valence-electron chi connectivity index (χ3n) is 4.60. The van der Waals surface area contributed by atoms with Crippen molar-refractivity contribution in [2.24, 2.45) is 4.40 Å². The summed E-state index contributed by atoms with van der Waals surface area (Å²) in [5.74, 6) is 0.187. The molecule has 0 atom stereocenters. The molecule has 138 valence electrons. The zero-order chi connectivity index (χ0) is 17.6.